The maximum atomic E-state index is 12.8. The van der Waals surface area contributed by atoms with E-state index in [1.807, 2.05) is 26.0 Å². The number of hydrogen-bond donors (Lipinski definition) is 1. The van der Waals surface area contributed by atoms with E-state index < -0.39 is 5.41 Å². The smallest absolute Gasteiger partial charge is 0.238 e. The number of hydrogen-bond acceptors (Lipinski definition) is 3. The minimum absolute atomic E-state index is 0.0960. The second kappa shape index (κ2) is 4.58. The summed E-state index contributed by atoms with van der Waals surface area (Å²) in [6, 6.07) is 7.28. The van der Waals surface area contributed by atoms with Crippen LogP contribution in [0.4, 0.5) is 5.69 Å². The van der Waals surface area contributed by atoms with Crippen LogP contribution in [0.2, 0.25) is 0 Å². The number of carbonyl (C=O) groups is 2. The van der Waals surface area contributed by atoms with E-state index in [9.17, 15) is 9.59 Å². The molecule has 1 aromatic rings. The summed E-state index contributed by atoms with van der Waals surface area (Å²) in [5.41, 5.74) is -0.592. The minimum atomic E-state index is -0.838. The third-order valence-electron chi connectivity index (χ3n) is 5.34. The van der Waals surface area contributed by atoms with Crippen LogP contribution in [-0.2, 0) is 9.59 Å². The van der Waals surface area contributed by atoms with E-state index >= 15 is 0 Å². The summed E-state index contributed by atoms with van der Waals surface area (Å²) in [5, 5.41) is 2.91. The molecule has 21 heavy (non-hydrogen) atoms. The van der Waals surface area contributed by atoms with Crippen molar-refractivity contribution in [3.63, 3.8) is 0 Å². The van der Waals surface area contributed by atoms with E-state index in [1.54, 1.807) is 19.2 Å². The molecule has 2 fully saturated rings. The number of benzene rings is 1. The third kappa shape index (κ3) is 1.88. The first-order valence-corrected chi connectivity index (χ1v) is 7.41. The van der Waals surface area contributed by atoms with Gasteiger partial charge in [-0.15, -0.1) is 0 Å². The fourth-order valence-corrected chi connectivity index (χ4v) is 3.97. The number of anilines is 1. The maximum absolute atomic E-state index is 12.8. The predicted molar refractivity (Wildman–Crippen MR) is 80.2 cm³/mol. The Labute approximate surface area is 124 Å². The van der Waals surface area contributed by atoms with Crippen molar-refractivity contribution in [3.8, 4) is 5.75 Å². The number of methoxy groups -OCH3 is 1. The Morgan fingerprint density at radius 3 is 2.67 bits per heavy atom. The Bertz CT molecular complexity index is 608. The van der Waals surface area contributed by atoms with Gasteiger partial charge in [-0.25, -0.2) is 0 Å². The monoisotopic (exact) mass is 287 g/mol. The van der Waals surface area contributed by atoms with Crippen LogP contribution in [0, 0.1) is 16.7 Å². The number of fused-ring (bicyclic) bond motifs is 2. The number of rotatable bonds is 3. The molecule has 0 unspecified atom stereocenters. The van der Waals surface area contributed by atoms with Crippen molar-refractivity contribution >= 4 is 17.4 Å². The highest BCUT2D eigenvalue weighted by atomic mass is 16.5. The van der Waals surface area contributed by atoms with Crippen LogP contribution >= 0.6 is 0 Å². The van der Waals surface area contributed by atoms with E-state index in [1.165, 1.54) is 0 Å². The molecule has 0 heterocycles. The lowest BCUT2D eigenvalue weighted by atomic mass is 9.70. The van der Waals surface area contributed by atoms with Crippen LogP contribution in [0.15, 0.2) is 24.3 Å². The lowest BCUT2D eigenvalue weighted by Crippen LogP contribution is -2.44. The van der Waals surface area contributed by atoms with Gasteiger partial charge in [-0.1, -0.05) is 26.0 Å². The molecule has 112 valence electrons. The standard InChI is InChI=1S/C17H21NO3/c1-16(2)11-8-9-17(10-11,14(16)19)15(20)18-12-6-4-5-7-13(12)21-3/h4-7,11H,8-10H2,1-3H3,(H,18,20)/t11-,17+/m0/s1. The van der Waals surface area contributed by atoms with Crippen LogP contribution < -0.4 is 10.1 Å². The molecular weight excluding hydrogens is 266 g/mol. The normalized spacial score (nSPS) is 29.5. The molecule has 4 nitrogen and oxygen atoms in total. The minimum Gasteiger partial charge on any atom is -0.495 e. The summed E-state index contributed by atoms with van der Waals surface area (Å²) in [4.78, 5) is 25.5. The highest BCUT2D eigenvalue weighted by molar-refractivity contribution is 6.15. The van der Waals surface area contributed by atoms with Gasteiger partial charge in [0.25, 0.3) is 0 Å². The van der Waals surface area contributed by atoms with Crippen LogP contribution in [0.25, 0.3) is 0 Å². The second-order valence-corrected chi connectivity index (χ2v) is 6.73. The first kappa shape index (κ1) is 14.1. The highest BCUT2D eigenvalue weighted by Crippen LogP contribution is 2.60. The van der Waals surface area contributed by atoms with Crippen LogP contribution in [0.5, 0.6) is 5.75 Å². The maximum Gasteiger partial charge on any atom is 0.238 e. The van der Waals surface area contributed by atoms with Crippen LogP contribution in [0.3, 0.4) is 0 Å². The number of Topliss-reactive ketones (excluding diaryl/α,β-unsaturated/α-hetero) is 1. The number of ether oxygens (including phenoxy) is 1. The molecule has 1 N–H and O–H groups in total. The summed E-state index contributed by atoms with van der Waals surface area (Å²) in [7, 11) is 1.57. The molecule has 0 radical (unpaired) electrons. The van der Waals surface area contributed by atoms with Crippen molar-refractivity contribution < 1.29 is 14.3 Å². The van der Waals surface area contributed by atoms with E-state index in [0.29, 0.717) is 30.2 Å². The van der Waals surface area contributed by atoms with Gasteiger partial charge < -0.3 is 10.1 Å². The fraction of sp³-hybridized carbons (Fsp3) is 0.529. The van der Waals surface area contributed by atoms with Gasteiger partial charge in [0, 0.05) is 5.41 Å². The summed E-state index contributed by atoms with van der Waals surface area (Å²) >= 11 is 0. The van der Waals surface area contributed by atoms with Gasteiger partial charge in [0.1, 0.15) is 11.2 Å². The molecule has 1 amide bonds. The van der Waals surface area contributed by atoms with Crippen molar-refractivity contribution in [2.24, 2.45) is 16.7 Å². The van der Waals surface area contributed by atoms with E-state index in [2.05, 4.69) is 5.32 Å². The lowest BCUT2D eigenvalue weighted by Gasteiger charge is -2.32. The summed E-state index contributed by atoms with van der Waals surface area (Å²) in [6.07, 6.45) is 2.30. The molecule has 2 bridgehead atoms. The summed E-state index contributed by atoms with van der Waals surface area (Å²) < 4.78 is 5.25. The van der Waals surface area contributed by atoms with Crippen LogP contribution in [-0.4, -0.2) is 18.8 Å². The SMILES string of the molecule is COc1ccccc1NC(=O)[C@]12CC[C@@H](C1)C(C)(C)C2=O. The largest absolute Gasteiger partial charge is 0.495 e. The Kier molecular flexibility index (Phi) is 3.08. The number of para-hydroxylation sites is 2. The number of amides is 1. The molecule has 2 atom stereocenters. The third-order valence-corrected chi connectivity index (χ3v) is 5.34. The second-order valence-electron chi connectivity index (χ2n) is 6.73. The molecule has 3 rings (SSSR count). The van der Waals surface area contributed by atoms with Gasteiger partial charge in [-0.3, -0.25) is 9.59 Å². The molecule has 0 saturated heterocycles. The van der Waals surface area contributed by atoms with Gasteiger partial charge in [-0.2, -0.15) is 0 Å². The Morgan fingerprint density at radius 1 is 1.33 bits per heavy atom. The average Bonchev–Trinajstić information content (AvgIpc) is 3.00. The quantitative estimate of drug-likeness (QED) is 0.869. The molecular formula is C17H21NO3. The topological polar surface area (TPSA) is 55.4 Å². The van der Waals surface area contributed by atoms with E-state index in [0.717, 1.165) is 6.42 Å². The fourth-order valence-electron chi connectivity index (χ4n) is 3.97. The zero-order valence-corrected chi connectivity index (χ0v) is 12.7. The summed E-state index contributed by atoms with van der Waals surface area (Å²) in [6.45, 7) is 3.94. The zero-order chi connectivity index (χ0) is 15.3. The van der Waals surface area contributed by atoms with Gasteiger partial charge in [0.05, 0.1) is 12.8 Å². The molecule has 0 aliphatic heterocycles. The molecule has 4 heteroatoms. The average molecular weight is 287 g/mol. The number of ketones is 1. The van der Waals surface area contributed by atoms with Crippen molar-refractivity contribution in [1.82, 2.24) is 0 Å². The Balaban J connectivity index is 1.88. The molecule has 2 saturated carbocycles. The molecule has 0 aromatic heterocycles. The van der Waals surface area contributed by atoms with Gasteiger partial charge in [0.15, 0.2) is 5.78 Å². The predicted octanol–water partition coefficient (Wildman–Crippen LogP) is 3.03. The Hall–Kier alpha value is -1.84. The zero-order valence-electron chi connectivity index (χ0n) is 12.7. The highest BCUT2D eigenvalue weighted by Gasteiger charge is 2.65. The van der Waals surface area contributed by atoms with Crippen molar-refractivity contribution in [3.05, 3.63) is 24.3 Å². The van der Waals surface area contributed by atoms with Crippen molar-refractivity contribution in [1.29, 1.82) is 0 Å². The number of nitrogens with one attached hydrogen (secondary N) is 1. The van der Waals surface area contributed by atoms with Gasteiger partial charge in [-0.05, 0) is 37.3 Å². The number of carbonyl (C=O) groups excluding carboxylic acids is 2. The lowest BCUT2D eigenvalue weighted by molar-refractivity contribution is -0.142. The van der Waals surface area contributed by atoms with E-state index in [-0.39, 0.29) is 17.1 Å². The molecule has 2 aliphatic carbocycles. The first-order valence-electron chi connectivity index (χ1n) is 7.41. The molecule has 0 spiro atoms. The van der Waals surface area contributed by atoms with Crippen LogP contribution in [0.1, 0.15) is 33.1 Å². The molecule has 1 aromatic carbocycles. The van der Waals surface area contributed by atoms with E-state index in [4.69, 9.17) is 4.74 Å². The first-order chi connectivity index (χ1) is 9.91. The van der Waals surface area contributed by atoms with Crippen molar-refractivity contribution in [2.75, 3.05) is 12.4 Å². The molecule has 2 aliphatic rings. The summed E-state index contributed by atoms with van der Waals surface area (Å²) in [5.74, 6) is 0.860. The van der Waals surface area contributed by atoms with Gasteiger partial charge in [0.2, 0.25) is 5.91 Å². The Morgan fingerprint density at radius 2 is 2.05 bits per heavy atom. The van der Waals surface area contributed by atoms with Crippen molar-refractivity contribution in [2.45, 2.75) is 33.1 Å². The van der Waals surface area contributed by atoms with Gasteiger partial charge >= 0.3 is 0 Å².